The number of aromatic nitrogens is 2. The van der Waals surface area contributed by atoms with E-state index in [1.807, 2.05) is 23.3 Å². The SMILES string of the molecule is Cc1c(I)c(=O)n(C2CCCCCC2)n1C. The van der Waals surface area contributed by atoms with Gasteiger partial charge in [0.1, 0.15) is 3.57 Å². The van der Waals surface area contributed by atoms with Crippen molar-refractivity contribution in [1.29, 1.82) is 0 Å². The minimum absolute atomic E-state index is 0.201. The molecule has 0 N–H and O–H groups in total. The van der Waals surface area contributed by atoms with E-state index < -0.39 is 0 Å². The molecule has 0 radical (unpaired) electrons. The van der Waals surface area contributed by atoms with Gasteiger partial charge >= 0.3 is 0 Å². The molecular weight excluding hydrogens is 315 g/mol. The standard InChI is InChI=1S/C12H19IN2O/c1-9-11(13)12(16)15(14(9)2)10-7-5-3-4-6-8-10/h10H,3-8H2,1-2H3. The Morgan fingerprint density at radius 2 is 1.75 bits per heavy atom. The maximum absolute atomic E-state index is 12.2. The zero-order valence-corrected chi connectivity index (χ0v) is 12.2. The third-order valence-electron chi connectivity index (χ3n) is 3.69. The molecule has 1 aromatic rings. The molecule has 1 saturated carbocycles. The lowest BCUT2D eigenvalue weighted by Gasteiger charge is -2.18. The van der Waals surface area contributed by atoms with Gasteiger partial charge in [0, 0.05) is 7.05 Å². The largest absolute Gasteiger partial charge is 0.289 e. The van der Waals surface area contributed by atoms with Crippen molar-refractivity contribution < 1.29 is 0 Å². The molecule has 90 valence electrons. The van der Waals surface area contributed by atoms with E-state index in [0.717, 1.165) is 22.1 Å². The van der Waals surface area contributed by atoms with E-state index in [0.29, 0.717) is 6.04 Å². The summed E-state index contributed by atoms with van der Waals surface area (Å²) >= 11 is 2.17. The number of hydrogen-bond acceptors (Lipinski definition) is 1. The van der Waals surface area contributed by atoms with Crippen molar-refractivity contribution in [2.24, 2.45) is 7.05 Å². The molecule has 1 fully saturated rings. The van der Waals surface area contributed by atoms with Crippen molar-refractivity contribution in [1.82, 2.24) is 9.36 Å². The highest BCUT2D eigenvalue weighted by Gasteiger charge is 2.21. The highest BCUT2D eigenvalue weighted by Crippen LogP contribution is 2.26. The molecule has 1 heterocycles. The molecule has 0 amide bonds. The molecule has 0 bridgehead atoms. The normalized spacial score (nSPS) is 18.7. The van der Waals surface area contributed by atoms with Crippen molar-refractivity contribution >= 4 is 22.6 Å². The summed E-state index contributed by atoms with van der Waals surface area (Å²) in [6.07, 6.45) is 7.49. The lowest BCUT2D eigenvalue weighted by Crippen LogP contribution is -2.27. The first-order chi connectivity index (χ1) is 7.63. The third-order valence-corrected chi connectivity index (χ3v) is 4.93. The Labute approximate surface area is 110 Å². The van der Waals surface area contributed by atoms with Crippen LogP contribution in [0, 0.1) is 10.5 Å². The molecule has 2 rings (SSSR count). The monoisotopic (exact) mass is 334 g/mol. The molecule has 1 aliphatic rings. The Kier molecular flexibility index (Phi) is 3.77. The summed E-state index contributed by atoms with van der Waals surface area (Å²) in [6.45, 7) is 2.02. The second kappa shape index (κ2) is 4.94. The average molecular weight is 334 g/mol. The minimum Gasteiger partial charge on any atom is -0.289 e. The Balaban J connectivity index is 2.39. The van der Waals surface area contributed by atoms with Gasteiger partial charge in [0.05, 0.1) is 11.7 Å². The Hall–Kier alpha value is -0.260. The Morgan fingerprint density at radius 1 is 1.19 bits per heavy atom. The van der Waals surface area contributed by atoms with E-state index in [9.17, 15) is 4.79 Å². The van der Waals surface area contributed by atoms with Crippen LogP contribution >= 0.6 is 22.6 Å². The van der Waals surface area contributed by atoms with Gasteiger partial charge in [-0.2, -0.15) is 0 Å². The van der Waals surface area contributed by atoms with E-state index in [1.165, 1.54) is 25.7 Å². The smallest absolute Gasteiger partial charge is 0.280 e. The average Bonchev–Trinajstić information content (AvgIpc) is 2.54. The van der Waals surface area contributed by atoms with Crippen LogP contribution in [-0.2, 0) is 7.05 Å². The van der Waals surface area contributed by atoms with Gasteiger partial charge in [-0.15, -0.1) is 0 Å². The topological polar surface area (TPSA) is 26.9 Å². The van der Waals surface area contributed by atoms with Crippen LogP contribution in [0.4, 0.5) is 0 Å². The minimum atomic E-state index is 0.201. The predicted molar refractivity (Wildman–Crippen MR) is 73.9 cm³/mol. The second-order valence-electron chi connectivity index (χ2n) is 4.72. The van der Waals surface area contributed by atoms with Gasteiger partial charge in [0.15, 0.2) is 0 Å². The zero-order chi connectivity index (χ0) is 11.7. The third kappa shape index (κ3) is 2.08. The lowest BCUT2D eigenvalue weighted by molar-refractivity contribution is 0.348. The fourth-order valence-corrected chi connectivity index (χ4v) is 3.20. The second-order valence-corrected chi connectivity index (χ2v) is 5.80. The molecule has 4 heteroatoms. The van der Waals surface area contributed by atoms with E-state index >= 15 is 0 Å². The molecular formula is C12H19IN2O. The van der Waals surface area contributed by atoms with E-state index in [4.69, 9.17) is 0 Å². The number of nitrogens with zero attached hydrogens (tertiary/aromatic N) is 2. The first-order valence-electron chi connectivity index (χ1n) is 6.06. The van der Waals surface area contributed by atoms with Crippen LogP contribution in [0.25, 0.3) is 0 Å². The number of halogens is 1. The number of hydrogen-bond donors (Lipinski definition) is 0. The molecule has 0 aromatic carbocycles. The lowest BCUT2D eigenvalue weighted by atomic mass is 10.1. The van der Waals surface area contributed by atoms with Crippen molar-refractivity contribution in [3.05, 3.63) is 19.6 Å². The quantitative estimate of drug-likeness (QED) is 0.573. The van der Waals surface area contributed by atoms with Crippen LogP contribution in [0.2, 0.25) is 0 Å². The maximum atomic E-state index is 12.2. The van der Waals surface area contributed by atoms with Gasteiger partial charge in [-0.1, -0.05) is 25.7 Å². The summed E-state index contributed by atoms with van der Waals surface area (Å²) in [4.78, 5) is 12.2. The van der Waals surface area contributed by atoms with Crippen LogP contribution in [0.3, 0.4) is 0 Å². The van der Waals surface area contributed by atoms with Crippen LogP contribution in [0.1, 0.15) is 50.3 Å². The van der Waals surface area contributed by atoms with Gasteiger partial charge < -0.3 is 0 Å². The summed E-state index contributed by atoms with van der Waals surface area (Å²) in [6, 6.07) is 0.419. The fourth-order valence-electron chi connectivity index (χ4n) is 2.61. The Bertz CT molecular complexity index is 425. The van der Waals surface area contributed by atoms with Crippen LogP contribution in [0.15, 0.2) is 4.79 Å². The predicted octanol–water partition coefficient (Wildman–Crippen LogP) is 3.00. The van der Waals surface area contributed by atoms with Crippen molar-refractivity contribution in [2.45, 2.75) is 51.5 Å². The fraction of sp³-hybridized carbons (Fsp3) is 0.750. The molecule has 16 heavy (non-hydrogen) atoms. The Morgan fingerprint density at radius 3 is 2.19 bits per heavy atom. The van der Waals surface area contributed by atoms with E-state index in [-0.39, 0.29) is 5.56 Å². The van der Waals surface area contributed by atoms with Crippen molar-refractivity contribution in [3.8, 4) is 0 Å². The molecule has 0 saturated heterocycles. The highest BCUT2D eigenvalue weighted by atomic mass is 127. The van der Waals surface area contributed by atoms with Crippen LogP contribution in [-0.4, -0.2) is 9.36 Å². The molecule has 0 aliphatic heterocycles. The van der Waals surface area contributed by atoms with Gasteiger partial charge in [-0.05, 0) is 42.4 Å². The summed E-state index contributed by atoms with van der Waals surface area (Å²) in [5.41, 5.74) is 1.29. The van der Waals surface area contributed by atoms with Gasteiger partial charge in [-0.3, -0.25) is 9.48 Å². The maximum Gasteiger partial charge on any atom is 0.280 e. The first-order valence-corrected chi connectivity index (χ1v) is 7.14. The summed E-state index contributed by atoms with van der Waals surface area (Å²) in [5, 5.41) is 0. The van der Waals surface area contributed by atoms with Crippen LogP contribution in [0.5, 0.6) is 0 Å². The highest BCUT2D eigenvalue weighted by molar-refractivity contribution is 14.1. The van der Waals surface area contributed by atoms with Gasteiger partial charge in [0.25, 0.3) is 5.56 Å². The zero-order valence-electron chi connectivity index (χ0n) is 10.0. The van der Waals surface area contributed by atoms with Crippen molar-refractivity contribution in [2.75, 3.05) is 0 Å². The summed E-state index contributed by atoms with van der Waals surface area (Å²) in [7, 11) is 2.00. The van der Waals surface area contributed by atoms with Crippen LogP contribution < -0.4 is 5.56 Å². The molecule has 1 aliphatic carbocycles. The van der Waals surface area contributed by atoms with E-state index in [2.05, 4.69) is 22.6 Å². The molecule has 3 nitrogen and oxygen atoms in total. The van der Waals surface area contributed by atoms with Gasteiger partial charge in [0.2, 0.25) is 0 Å². The number of rotatable bonds is 1. The van der Waals surface area contributed by atoms with Gasteiger partial charge in [-0.25, -0.2) is 4.68 Å². The molecule has 0 atom stereocenters. The van der Waals surface area contributed by atoms with Crippen molar-refractivity contribution in [3.63, 3.8) is 0 Å². The molecule has 0 spiro atoms. The summed E-state index contributed by atoms with van der Waals surface area (Å²) < 4.78 is 4.90. The molecule has 1 aromatic heterocycles. The van der Waals surface area contributed by atoms with E-state index in [1.54, 1.807) is 0 Å². The summed E-state index contributed by atoms with van der Waals surface area (Å²) in [5.74, 6) is 0. The molecule has 0 unspecified atom stereocenters. The first kappa shape index (κ1) is 12.2.